The van der Waals surface area contributed by atoms with Gasteiger partial charge in [0.25, 0.3) is 0 Å². The lowest BCUT2D eigenvalue weighted by atomic mass is 10.0. The molecule has 0 fully saturated rings. The first-order chi connectivity index (χ1) is 10.0. The van der Waals surface area contributed by atoms with Crippen molar-refractivity contribution in [2.24, 2.45) is 7.05 Å². The van der Waals surface area contributed by atoms with E-state index in [1.807, 2.05) is 17.9 Å². The van der Waals surface area contributed by atoms with Crippen molar-refractivity contribution in [3.8, 4) is 0 Å². The van der Waals surface area contributed by atoms with E-state index in [9.17, 15) is 0 Å². The quantitative estimate of drug-likeness (QED) is 0.888. The van der Waals surface area contributed by atoms with Crippen LogP contribution in [0.25, 0.3) is 0 Å². The summed E-state index contributed by atoms with van der Waals surface area (Å²) in [5.41, 5.74) is 6.00. The van der Waals surface area contributed by atoms with Crippen molar-refractivity contribution in [3.63, 3.8) is 0 Å². The van der Waals surface area contributed by atoms with Crippen molar-refractivity contribution in [3.05, 3.63) is 46.5 Å². The molecular formula is C17H26N4. The summed E-state index contributed by atoms with van der Waals surface area (Å²) in [6.45, 7) is 9.43. The van der Waals surface area contributed by atoms with Crippen LogP contribution in [0.4, 0.5) is 0 Å². The van der Waals surface area contributed by atoms with Crippen LogP contribution in [0.1, 0.15) is 48.1 Å². The molecule has 1 unspecified atom stereocenters. The number of pyridine rings is 1. The standard InChI is InChI=1S/C17H26N4/c1-6-14-9-15(21(5)20-14)10-16(18-7-2)17-13(4)8-12(3)11-19-17/h8-9,11,16,18H,6-7,10H2,1-5H3. The summed E-state index contributed by atoms with van der Waals surface area (Å²) in [6.07, 6.45) is 3.84. The topological polar surface area (TPSA) is 42.7 Å². The Hall–Kier alpha value is -1.68. The van der Waals surface area contributed by atoms with Crippen LogP contribution in [0.5, 0.6) is 0 Å². The van der Waals surface area contributed by atoms with Gasteiger partial charge in [0.15, 0.2) is 0 Å². The maximum atomic E-state index is 4.66. The Morgan fingerprint density at radius 3 is 2.57 bits per heavy atom. The third kappa shape index (κ3) is 3.70. The second kappa shape index (κ2) is 6.85. The van der Waals surface area contributed by atoms with Crippen LogP contribution in [0.15, 0.2) is 18.3 Å². The van der Waals surface area contributed by atoms with Gasteiger partial charge < -0.3 is 5.32 Å². The third-order valence-electron chi connectivity index (χ3n) is 3.84. The Kier molecular flexibility index (Phi) is 5.12. The minimum absolute atomic E-state index is 0.232. The van der Waals surface area contributed by atoms with Crippen LogP contribution in [-0.4, -0.2) is 21.3 Å². The van der Waals surface area contributed by atoms with E-state index in [-0.39, 0.29) is 6.04 Å². The van der Waals surface area contributed by atoms with E-state index in [2.05, 4.69) is 55.2 Å². The molecule has 2 aromatic rings. The Morgan fingerprint density at radius 2 is 2.00 bits per heavy atom. The molecule has 0 aliphatic carbocycles. The van der Waals surface area contributed by atoms with Gasteiger partial charge in [0.1, 0.15) is 0 Å². The summed E-state index contributed by atoms with van der Waals surface area (Å²) >= 11 is 0. The number of aromatic nitrogens is 3. The van der Waals surface area contributed by atoms with Gasteiger partial charge in [0.2, 0.25) is 0 Å². The molecule has 0 aliphatic heterocycles. The molecule has 0 aromatic carbocycles. The fourth-order valence-electron chi connectivity index (χ4n) is 2.75. The van der Waals surface area contributed by atoms with E-state index < -0.39 is 0 Å². The predicted octanol–water partition coefficient (Wildman–Crippen LogP) is 2.89. The van der Waals surface area contributed by atoms with Crippen molar-refractivity contribution < 1.29 is 0 Å². The average Bonchev–Trinajstić information content (AvgIpc) is 2.79. The number of hydrogen-bond acceptors (Lipinski definition) is 3. The molecule has 1 atom stereocenters. The summed E-state index contributed by atoms with van der Waals surface area (Å²) in [7, 11) is 2.02. The Bertz CT molecular complexity index is 601. The number of hydrogen-bond donors (Lipinski definition) is 1. The fourth-order valence-corrected chi connectivity index (χ4v) is 2.75. The van der Waals surface area contributed by atoms with Gasteiger partial charge in [-0.25, -0.2) is 0 Å². The maximum Gasteiger partial charge on any atom is 0.0624 e. The molecular weight excluding hydrogens is 260 g/mol. The molecule has 0 saturated heterocycles. The van der Waals surface area contributed by atoms with Gasteiger partial charge >= 0.3 is 0 Å². The van der Waals surface area contributed by atoms with E-state index >= 15 is 0 Å². The first kappa shape index (κ1) is 15.7. The van der Waals surface area contributed by atoms with Crippen molar-refractivity contribution in [2.75, 3.05) is 6.54 Å². The fraction of sp³-hybridized carbons (Fsp3) is 0.529. The first-order valence-corrected chi connectivity index (χ1v) is 7.73. The molecule has 2 rings (SSSR count). The lowest BCUT2D eigenvalue weighted by Gasteiger charge is -2.19. The molecule has 0 aliphatic rings. The van der Waals surface area contributed by atoms with E-state index in [0.717, 1.165) is 30.8 Å². The second-order valence-corrected chi connectivity index (χ2v) is 5.63. The summed E-state index contributed by atoms with van der Waals surface area (Å²) in [4.78, 5) is 4.66. The molecule has 2 aromatic heterocycles. The molecule has 0 saturated carbocycles. The van der Waals surface area contributed by atoms with Crippen LogP contribution in [-0.2, 0) is 19.9 Å². The molecule has 114 valence electrons. The molecule has 4 nitrogen and oxygen atoms in total. The molecule has 0 bridgehead atoms. The highest BCUT2D eigenvalue weighted by Crippen LogP contribution is 2.21. The van der Waals surface area contributed by atoms with Gasteiger partial charge in [0, 0.05) is 25.4 Å². The van der Waals surface area contributed by atoms with Crippen LogP contribution in [0, 0.1) is 13.8 Å². The summed E-state index contributed by atoms with van der Waals surface area (Å²) in [6, 6.07) is 4.64. The summed E-state index contributed by atoms with van der Waals surface area (Å²) in [5, 5.41) is 8.10. The number of nitrogens with zero attached hydrogens (tertiary/aromatic N) is 3. The van der Waals surface area contributed by atoms with Gasteiger partial charge in [-0.1, -0.05) is 19.9 Å². The monoisotopic (exact) mass is 286 g/mol. The Balaban J connectivity index is 2.28. The molecule has 0 amide bonds. The number of nitrogens with one attached hydrogen (secondary N) is 1. The average molecular weight is 286 g/mol. The SMILES string of the molecule is CCNC(Cc1cc(CC)nn1C)c1ncc(C)cc1C. The zero-order valence-electron chi connectivity index (χ0n) is 13.8. The number of rotatable bonds is 6. The minimum Gasteiger partial charge on any atom is -0.309 e. The summed E-state index contributed by atoms with van der Waals surface area (Å²) < 4.78 is 1.99. The molecule has 1 N–H and O–H groups in total. The van der Waals surface area contributed by atoms with Crippen molar-refractivity contribution >= 4 is 0 Å². The normalized spacial score (nSPS) is 12.6. The molecule has 0 spiro atoms. The van der Waals surface area contributed by atoms with Crippen molar-refractivity contribution in [1.82, 2.24) is 20.1 Å². The molecule has 21 heavy (non-hydrogen) atoms. The highest BCUT2D eigenvalue weighted by molar-refractivity contribution is 5.27. The van der Waals surface area contributed by atoms with Gasteiger partial charge in [-0.15, -0.1) is 0 Å². The van der Waals surface area contributed by atoms with E-state index in [1.165, 1.54) is 16.8 Å². The van der Waals surface area contributed by atoms with E-state index in [0.29, 0.717) is 0 Å². The van der Waals surface area contributed by atoms with Crippen molar-refractivity contribution in [1.29, 1.82) is 0 Å². The van der Waals surface area contributed by atoms with E-state index in [4.69, 9.17) is 0 Å². The zero-order valence-corrected chi connectivity index (χ0v) is 13.8. The first-order valence-electron chi connectivity index (χ1n) is 7.73. The van der Waals surface area contributed by atoms with Crippen LogP contribution in [0.3, 0.4) is 0 Å². The van der Waals surface area contributed by atoms with Crippen LogP contribution in [0.2, 0.25) is 0 Å². The van der Waals surface area contributed by atoms with Crippen molar-refractivity contribution in [2.45, 2.75) is 46.6 Å². The largest absolute Gasteiger partial charge is 0.309 e. The Morgan fingerprint density at radius 1 is 1.24 bits per heavy atom. The molecule has 4 heteroatoms. The van der Waals surface area contributed by atoms with Crippen LogP contribution >= 0.6 is 0 Å². The van der Waals surface area contributed by atoms with Gasteiger partial charge in [-0.05, 0) is 44.0 Å². The lowest BCUT2D eigenvalue weighted by molar-refractivity contribution is 0.515. The predicted molar refractivity (Wildman–Crippen MR) is 86.4 cm³/mol. The van der Waals surface area contributed by atoms with Crippen LogP contribution < -0.4 is 5.32 Å². The Labute approximate surface area is 127 Å². The van der Waals surface area contributed by atoms with Gasteiger partial charge in [0.05, 0.1) is 17.4 Å². The van der Waals surface area contributed by atoms with E-state index in [1.54, 1.807) is 0 Å². The lowest BCUT2D eigenvalue weighted by Crippen LogP contribution is -2.25. The minimum atomic E-state index is 0.232. The molecule has 2 heterocycles. The smallest absolute Gasteiger partial charge is 0.0624 e. The zero-order chi connectivity index (χ0) is 15.4. The maximum absolute atomic E-state index is 4.66. The third-order valence-corrected chi connectivity index (χ3v) is 3.84. The molecule has 0 radical (unpaired) electrons. The van der Waals surface area contributed by atoms with Gasteiger partial charge in [-0.2, -0.15) is 5.10 Å². The highest BCUT2D eigenvalue weighted by Gasteiger charge is 2.17. The highest BCUT2D eigenvalue weighted by atomic mass is 15.3. The summed E-state index contributed by atoms with van der Waals surface area (Å²) in [5.74, 6) is 0. The van der Waals surface area contributed by atoms with Gasteiger partial charge in [-0.3, -0.25) is 9.67 Å². The number of likely N-dealkylation sites (N-methyl/N-ethyl adjacent to an activating group) is 1. The number of aryl methyl sites for hydroxylation is 4. The second-order valence-electron chi connectivity index (χ2n) is 5.63.